The second kappa shape index (κ2) is 5.54. The van der Waals surface area contributed by atoms with E-state index in [0.29, 0.717) is 0 Å². The third-order valence-electron chi connectivity index (χ3n) is 1.83. The Morgan fingerprint density at radius 2 is 2.38 bits per heavy atom. The largest absolute Gasteiger partial charge is 0.385 e. The molecule has 0 aromatic carbocycles. The van der Waals surface area contributed by atoms with E-state index in [9.17, 15) is 0 Å². The van der Waals surface area contributed by atoms with Crippen molar-refractivity contribution < 1.29 is 4.74 Å². The van der Waals surface area contributed by atoms with Gasteiger partial charge in [-0.15, -0.1) is 0 Å². The highest BCUT2D eigenvalue weighted by molar-refractivity contribution is 5.42. The smallest absolute Gasteiger partial charge is 0.128 e. The van der Waals surface area contributed by atoms with Gasteiger partial charge >= 0.3 is 0 Å². The van der Waals surface area contributed by atoms with Crippen molar-refractivity contribution in [1.29, 1.82) is 0 Å². The Hall–Kier alpha value is -1.09. The maximum atomic E-state index is 4.95. The zero-order valence-corrected chi connectivity index (χ0v) is 8.21. The molecule has 0 aliphatic heterocycles. The molecule has 3 nitrogen and oxygen atoms in total. The minimum absolute atomic E-state index is 0.791. The Bertz CT molecular complexity index is 250. The molecule has 3 heteroatoms. The first-order chi connectivity index (χ1) is 6.34. The molecule has 1 aromatic heterocycles. The molecule has 1 aromatic rings. The molecule has 0 saturated heterocycles. The van der Waals surface area contributed by atoms with Gasteiger partial charge in [0.25, 0.3) is 0 Å². The molecule has 0 spiro atoms. The van der Waals surface area contributed by atoms with E-state index in [1.54, 1.807) is 13.3 Å². The minimum Gasteiger partial charge on any atom is -0.385 e. The monoisotopic (exact) mass is 180 g/mol. The number of anilines is 1. The molecule has 0 aliphatic carbocycles. The first kappa shape index (κ1) is 9.99. The number of methoxy groups -OCH3 is 1. The van der Waals surface area contributed by atoms with Crippen LogP contribution < -0.4 is 5.32 Å². The summed E-state index contributed by atoms with van der Waals surface area (Å²) in [7, 11) is 1.71. The van der Waals surface area contributed by atoms with Crippen LogP contribution in [-0.2, 0) is 4.74 Å². The van der Waals surface area contributed by atoms with Crippen LogP contribution in [0.4, 0.5) is 5.82 Å². The van der Waals surface area contributed by atoms with E-state index in [-0.39, 0.29) is 0 Å². The van der Waals surface area contributed by atoms with Crippen LogP contribution in [0.25, 0.3) is 0 Å². The molecule has 0 atom stereocenters. The molecule has 72 valence electrons. The highest BCUT2D eigenvalue weighted by Gasteiger charge is 1.95. The number of ether oxygens (including phenoxy) is 1. The topological polar surface area (TPSA) is 34.1 Å². The molecule has 0 aliphatic rings. The van der Waals surface area contributed by atoms with Gasteiger partial charge in [0.2, 0.25) is 0 Å². The lowest BCUT2D eigenvalue weighted by Gasteiger charge is -2.06. The SMILES string of the molecule is COCCCNc1ncccc1C. The second-order valence-corrected chi connectivity index (χ2v) is 2.94. The molecule has 0 amide bonds. The van der Waals surface area contributed by atoms with Crippen molar-refractivity contribution in [3.63, 3.8) is 0 Å². The van der Waals surface area contributed by atoms with Crippen LogP contribution in [0, 0.1) is 6.92 Å². The molecule has 0 fully saturated rings. The summed E-state index contributed by atoms with van der Waals surface area (Å²) in [4.78, 5) is 4.22. The van der Waals surface area contributed by atoms with Gasteiger partial charge in [-0.25, -0.2) is 4.98 Å². The van der Waals surface area contributed by atoms with Crippen LogP contribution in [0.1, 0.15) is 12.0 Å². The maximum Gasteiger partial charge on any atom is 0.128 e. The van der Waals surface area contributed by atoms with E-state index >= 15 is 0 Å². The molecule has 1 heterocycles. The normalized spacial score (nSPS) is 10.0. The average molecular weight is 180 g/mol. The van der Waals surface area contributed by atoms with E-state index in [1.165, 1.54) is 5.56 Å². The Labute approximate surface area is 79.1 Å². The lowest BCUT2D eigenvalue weighted by atomic mass is 10.3. The van der Waals surface area contributed by atoms with Crippen molar-refractivity contribution in [3.05, 3.63) is 23.9 Å². The van der Waals surface area contributed by atoms with Gasteiger partial charge in [0, 0.05) is 26.5 Å². The first-order valence-electron chi connectivity index (χ1n) is 4.49. The molecule has 1 rings (SSSR count). The maximum absolute atomic E-state index is 4.95. The van der Waals surface area contributed by atoms with Gasteiger partial charge < -0.3 is 10.1 Å². The number of nitrogens with one attached hydrogen (secondary N) is 1. The van der Waals surface area contributed by atoms with E-state index < -0.39 is 0 Å². The third-order valence-corrected chi connectivity index (χ3v) is 1.83. The van der Waals surface area contributed by atoms with Crippen LogP contribution in [0.2, 0.25) is 0 Å². The van der Waals surface area contributed by atoms with Gasteiger partial charge in [-0.05, 0) is 25.0 Å². The molecule has 0 saturated carbocycles. The highest BCUT2D eigenvalue weighted by atomic mass is 16.5. The van der Waals surface area contributed by atoms with Gasteiger partial charge in [0.1, 0.15) is 5.82 Å². The van der Waals surface area contributed by atoms with Crippen molar-refractivity contribution in [3.8, 4) is 0 Å². The summed E-state index contributed by atoms with van der Waals surface area (Å²) in [5, 5.41) is 3.26. The second-order valence-electron chi connectivity index (χ2n) is 2.94. The number of pyridine rings is 1. The number of nitrogens with zero attached hydrogens (tertiary/aromatic N) is 1. The fraction of sp³-hybridized carbons (Fsp3) is 0.500. The molecule has 1 N–H and O–H groups in total. The number of aryl methyl sites for hydroxylation is 1. The summed E-state index contributed by atoms with van der Waals surface area (Å²) in [6.45, 7) is 3.75. The van der Waals surface area contributed by atoms with E-state index in [2.05, 4.69) is 10.3 Å². The number of rotatable bonds is 5. The van der Waals surface area contributed by atoms with Gasteiger partial charge in [-0.3, -0.25) is 0 Å². The highest BCUT2D eigenvalue weighted by Crippen LogP contribution is 2.08. The predicted octanol–water partition coefficient (Wildman–Crippen LogP) is 1.84. The van der Waals surface area contributed by atoms with Crippen LogP contribution in [0.5, 0.6) is 0 Å². The van der Waals surface area contributed by atoms with Crippen molar-refractivity contribution in [2.45, 2.75) is 13.3 Å². The number of hydrogen-bond donors (Lipinski definition) is 1. The number of aromatic nitrogens is 1. The summed E-state index contributed by atoms with van der Waals surface area (Å²) < 4.78 is 4.95. The zero-order chi connectivity index (χ0) is 9.52. The van der Waals surface area contributed by atoms with Crippen molar-refractivity contribution in [2.24, 2.45) is 0 Å². The zero-order valence-electron chi connectivity index (χ0n) is 8.21. The molecule has 13 heavy (non-hydrogen) atoms. The first-order valence-corrected chi connectivity index (χ1v) is 4.49. The Kier molecular flexibility index (Phi) is 4.26. The lowest BCUT2D eigenvalue weighted by Crippen LogP contribution is -2.06. The van der Waals surface area contributed by atoms with Crippen molar-refractivity contribution >= 4 is 5.82 Å². The molecule has 0 bridgehead atoms. The van der Waals surface area contributed by atoms with Gasteiger partial charge in [-0.2, -0.15) is 0 Å². The van der Waals surface area contributed by atoms with Crippen LogP contribution in [-0.4, -0.2) is 25.2 Å². The van der Waals surface area contributed by atoms with Gasteiger partial charge in [-0.1, -0.05) is 6.07 Å². The Balaban J connectivity index is 2.32. The van der Waals surface area contributed by atoms with Gasteiger partial charge in [0.05, 0.1) is 0 Å². The van der Waals surface area contributed by atoms with E-state index in [1.807, 2.05) is 19.1 Å². The Morgan fingerprint density at radius 3 is 3.08 bits per heavy atom. The summed E-state index contributed by atoms with van der Waals surface area (Å²) in [5.74, 6) is 0.971. The van der Waals surface area contributed by atoms with E-state index in [0.717, 1.165) is 25.4 Å². The van der Waals surface area contributed by atoms with Crippen molar-refractivity contribution in [1.82, 2.24) is 4.98 Å². The predicted molar refractivity (Wildman–Crippen MR) is 54.0 cm³/mol. The quantitative estimate of drug-likeness (QED) is 0.702. The summed E-state index contributed by atoms with van der Waals surface area (Å²) >= 11 is 0. The molecular weight excluding hydrogens is 164 g/mol. The van der Waals surface area contributed by atoms with Crippen LogP contribution in [0.15, 0.2) is 18.3 Å². The summed E-state index contributed by atoms with van der Waals surface area (Å²) in [6, 6.07) is 3.99. The molecule has 0 unspecified atom stereocenters. The van der Waals surface area contributed by atoms with Crippen molar-refractivity contribution in [2.75, 3.05) is 25.6 Å². The van der Waals surface area contributed by atoms with Gasteiger partial charge in [0.15, 0.2) is 0 Å². The Morgan fingerprint density at radius 1 is 1.54 bits per heavy atom. The molecular formula is C10H16N2O. The summed E-state index contributed by atoms with van der Waals surface area (Å²) in [5.41, 5.74) is 1.18. The van der Waals surface area contributed by atoms with Crippen LogP contribution >= 0.6 is 0 Å². The lowest BCUT2D eigenvalue weighted by molar-refractivity contribution is 0.197. The fourth-order valence-corrected chi connectivity index (χ4v) is 1.09. The molecule has 0 radical (unpaired) electrons. The minimum atomic E-state index is 0.791. The fourth-order valence-electron chi connectivity index (χ4n) is 1.09. The van der Waals surface area contributed by atoms with E-state index in [4.69, 9.17) is 4.74 Å². The van der Waals surface area contributed by atoms with Crippen LogP contribution in [0.3, 0.4) is 0 Å². The third kappa shape index (κ3) is 3.42. The number of hydrogen-bond acceptors (Lipinski definition) is 3. The standard InChI is InChI=1S/C10H16N2O/c1-9-5-3-6-11-10(9)12-7-4-8-13-2/h3,5-6H,4,7-8H2,1-2H3,(H,11,12). The summed E-state index contributed by atoms with van der Waals surface area (Å²) in [6.07, 6.45) is 2.80. The average Bonchev–Trinajstić information content (AvgIpc) is 2.15.